The fourth-order valence-corrected chi connectivity index (χ4v) is 2.56. The van der Waals surface area contributed by atoms with Gasteiger partial charge in [-0.3, -0.25) is 9.59 Å². The zero-order valence-electron chi connectivity index (χ0n) is 10.4. The van der Waals surface area contributed by atoms with E-state index in [4.69, 9.17) is 0 Å². The van der Waals surface area contributed by atoms with Gasteiger partial charge in [-0.25, -0.2) is 0 Å². The number of rotatable bonds is 2. The number of carbonyl (C=O) groups is 2. The molecule has 0 atom stereocenters. The summed E-state index contributed by atoms with van der Waals surface area (Å²) in [6, 6.07) is 5.93. The minimum atomic E-state index is 0.0456. The Morgan fingerprint density at radius 1 is 1.44 bits per heavy atom. The molecule has 2 rings (SSSR count). The van der Waals surface area contributed by atoms with E-state index in [2.05, 4.69) is 15.9 Å². The topological polar surface area (TPSA) is 37.4 Å². The van der Waals surface area contributed by atoms with Crippen LogP contribution in [0.15, 0.2) is 22.7 Å². The van der Waals surface area contributed by atoms with Gasteiger partial charge in [0.1, 0.15) is 0 Å². The van der Waals surface area contributed by atoms with Gasteiger partial charge in [0.25, 0.3) is 0 Å². The number of hydrogen-bond donors (Lipinski definition) is 0. The lowest BCUT2D eigenvalue weighted by Gasteiger charge is -2.26. The fraction of sp³-hybridized carbons (Fsp3) is 0.429. The van der Waals surface area contributed by atoms with Crippen molar-refractivity contribution < 1.29 is 9.59 Å². The van der Waals surface area contributed by atoms with Gasteiger partial charge in [0.15, 0.2) is 5.78 Å². The normalized spacial score (nSPS) is 15.9. The summed E-state index contributed by atoms with van der Waals surface area (Å²) in [5.41, 5.74) is 2.13. The predicted octanol–water partition coefficient (Wildman–Crippen LogP) is 2.49. The molecule has 1 fully saturated rings. The number of benzene rings is 1. The van der Waals surface area contributed by atoms with Crippen molar-refractivity contribution in [1.82, 2.24) is 4.90 Å². The molecule has 1 heterocycles. The maximum Gasteiger partial charge on any atom is 0.227 e. The lowest BCUT2D eigenvalue weighted by atomic mass is 10.0. The minimum Gasteiger partial charge on any atom is -0.335 e. The van der Waals surface area contributed by atoms with Crippen molar-refractivity contribution in [3.05, 3.63) is 33.8 Å². The maximum atomic E-state index is 12.1. The highest BCUT2D eigenvalue weighted by Crippen LogP contribution is 2.18. The van der Waals surface area contributed by atoms with Crippen LogP contribution in [0, 0.1) is 6.92 Å². The van der Waals surface area contributed by atoms with Crippen LogP contribution < -0.4 is 0 Å². The van der Waals surface area contributed by atoms with Crippen molar-refractivity contribution in [3.63, 3.8) is 0 Å². The number of carbonyl (C=O) groups excluding carboxylic acids is 2. The SMILES string of the molecule is Cc1ccc(Br)cc1CC(=O)N1CCCC(=O)C1. The Balaban J connectivity index is 2.06. The third-order valence-electron chi connectivity index (χ3n) is 3.26. The van der Waals surface area contributed by atoms with Gasteiger partial charge in [-0.15, -0.1) is 0 Å². The van der Waals surface area contributed by atoms with Crippen LogP contribution in [0.2, 0.25) is 0 Å². The van der Waals surface area contributed by atoms with Crippen LogP contribution in [-0.4, -0.2) is 29.7 Å². The van der Waals surface area contributed by atoms with Crippen LogP contribution >= 0.6 is 15.9 Å². The lowest BCUT2D eigenvalue weighted by molar-refractivity contribution is -0.137. The molecule has 3 nitrogen and oxygen atoms in total. The zero-order chi connectivity index (χ0) is 13.1. The number of aryl methyl sites for hydroxylation is 1. The molecule has 1 amide bonds. The van der Waals surface area contributed by atoms with E-state index < -0.39 is 0 Å². The van der Waals surface area contributed by atoms with E-state index in [9.17, 15) is 9.59 Å². The lowest BCUT2D eigenvalue weighted by Crippen LogP contribution is -2.40. The molecule has 0 N–H and O–H groups in total. The molecule has 0 unspecified atom stereocenters. The quantitative estimate of drug-likeness (QED) is 0.841. The van der Waals surface area contributed by atoms with E-state index in [0.29, 0.717) is 19.4 Å². The van der Waals surface area contributed by atoms with Gasteiger partial charge < -0.3 is 4.90 Å². The van der Waals surface area contributed by atoms with E-state index in [1.54, 1.807) is 4.90 Å². The smallest absolute Gasteiger partial charge is 0.227 e. The Hall–Kier alpha value is -1.16. The number of amides is 1. The number of nitrogens with zero attached hydrogens (tertiary/aromatic N) is 1. The van der Waals surface area contributed by atoms with Gasteiger partial charge in [-0.1, -0.05) is 22.0 Å². The Labute approximate surface area is 115 Å². The van der Waals surface area contributed by atoms with E-state index in [1.807, 2.05) is 25.1 Å². The van der Waals surface area contributed by atoms with E-state index in [0.717, 1.165) is 22.0 Å². The van der Waals surface area contributed by atoms with Gasteiger partial charge in [0.2, 0.25) is 5.91 Å². The second-order valence-corrected chi connectivity index (χ2v) is 5.62. The molecule has 1 aliphatic rings. The van der Waals surface area contributed by atoms with E-state index in [1.165, 1.54) is 0 Å². The van der Waals surface area contributed by atoms with Gasteiger partial charge in [-0.2, -0.15) is 0 Å². The molecule has 1 aliphatic heterocycles. The first-order valence-electron chi connectivity index (χ1n) is 6.11. The molecule has 1 aromatic rings. The van der Waals surface area contributed by atoms with Crippen LogP contribution in [0.5, 0.6) is 0 Å². The van der Waals surface area contributed by atoms with Crippen LogP contribution in [0.4, 0.5) is 0 Å². The van der Waals surface area contributed by atoms with Crippen LogP contribution in [0.3, 0.4) is 0 Å². The van der Waals surface area contributed by atoms with Crippen molar-refractivity contribution in [2.75, 3.05) is 13.1 Å². The summed E-state index contributed by atoms with van der Waals surface area (Å²) in [7, 11) is 0. The van der Waals surface area contributed by atoms with E-state index in [-0.39, 0.29) is 18.2 Å². The summed E-state index contributed by atoms with van der Waals surface area (Å²) in [6.07, 6.45) is 1.78. The fourth-order valence-electron chi connectivity index (χ4n) is 2.16. The number of likely N-dealkylation sites (tertiary alicyclic amines) is 1. The molecule has 0 spiro atoms. The Kier molecular flexibility index (Phi) is 4.17. The van der Waals surface area contributed by atoms with E-state index >= 15 is 0 Å². The third-order valence-corrected chi connectivity index (χ3v) is 3.75. The summed E-state index contributed by atoms with van der Waals surface area (Å²) < 4.78 is 0.977. The average molecular weight is 310 g/mol. The number of halogens is 1. The number of piperidine rings is 1. The van der Waals surface area contributed by atoms with Crippen molar-refractivity contribution in [1.29, 1.82) is 0 Å². The van der Waals surface area contributed by atoms with Crippen LogP contribution in [0.1, 0.15) is 24.0 Å². The van der Waals surface area contributed by atoms with Gasteiger partial charge in [0.05, 0.1) is 13.0 Å². The largest absolute Gasteiger partial charge is 0.335 e. The van der Waals surface area contributed by atoms with Crippen molar-refractivity contribution in [2.24, 2.45) is 0 Å². The monoisotopic (exact) mass is 309 g/mol. The highest BCUT2D eigenvalue weighted by molar-refractivity contribution is 9.10. The first-order valence-corrected chi connectivity index (χ1v) is 6.90. The summed E-state index contributed by atoms with van der Waals surface area (Å²) in [5, 5.41) is 0. The number of Topliss-reactive ketones (excluding diaryl/α,β-unsaturated/α-hetero) is 1. The summed E-state index contributed by atoms with van der Waals surface area (Å²) in [5.74, 6) is 0.213. The third kappa shape index (κ3) is 3.19. The number of ketones is 1. The summed E-state index contributed by atoms with van der Waals surface area (Å²) in [4.78, 5) is 25.2. The molecule has 1 saturated heterocycles. The molecule has 1 aromatic carbocycles. The summed E-state index contributed by atoms with van der Waals surface area (Å²) in [6.45, 7) is 2.99. The molecular weight excluding hydrogens is 294 g/mol. The second-order valence-electron chi connectivity index (χ2n) is 4.71. The molecule has 0 saturated carbocycles. The van der Waals surface area contributed by atoms with Crippen LogP contribution in [-0.2, 0) is 16.0 Å². The van der Waals surface area contributed by atoms with Gasteiger partial charge in [0, 0.05) is 17.4 Å². The molecule has 96 valence electrons. The average Bonchev–Trinajstić information content (AvgIpc) is 2.34. The molecule has 18 heavy (non-hydrogen) atoms. The molecular formula is C14H16BrNO2. The Morgan fingerprint density at radius 3 is 2.94 bits per heavy atom. The first kappa shape index (κ1) is 13.3. The molecule has 0 radical (unpaired) electrons. The van der Waals surface area contributed by atoms with Crippen molar-refractivity contribution in [3.8, 4) is 0 Å². The van der Waals surface area contributed by atoms with Gasteiger partial charge in [-0.05, 0) is 36.6 Å². The zero-order valence-corrected chi connectivity index (χ0v) is 12.0. The van der Waals surface area contributed by atoms with Crippen molar-refractivity contribution >= 4 is 27.6 Å². The maximum absolute atomic E-state index is 12.1. The number of hydrogen-bond acceptors (Lipinski definition) is 2. The van der Waals surface area contributed by atoms with Crippen LogP contribution in [0.25, 0.3) is 0 Å². The minimum absolute atomic E-state index is 0.0456. The molecule has 0 bridgehead atoms. The highest BCUT2D eigenvalue weighted by atomic mass is 79.9. The molecule has 0 aliphatic carbocycles. The second kappa shape index (κ2) is 5.65. The van der Waals surface area contributed by atoms with Gasteiger partial charge >= 0.3 is 0 Å². The summed E-state index contributed by atoms with van der Waals surface area (Å²) >= 11 is 3.41. The first-order chi connectivity index (χ1) is 8.56. The Bertz CT molecular complexity index is 485. The predicted molar refractivity (Wildman–Crippen MR) is 73.4 cm³/mol. The Morgan fingerprint density at radius 2 is 2.22 bits per heavy atom. The highest BCUT2D eigenvalue weighted by Gasteiger charge is 2.21. The van der Waals surface area contributed by atoms with Crippen molar-refractivity contribution in [2.45, 2.75) is 26.2 Å². The standard InChI is InChI=1S/C14H16BrNO2/c1-10-4-5-12(15)7-11(10)8-14(18)16-6-2-3-13(17)9-16/h4-5,7H,2-3,6,8-9H2,1H3. The molecule has 0 aromatic heterocycles. The molecule has 4 heteroatoms.